The second kappa shape index (κ2) is 10.6. The Hall–Kier alpha value is -3.87. The van der Waals surface area contributed by atoms with Crippen LogP contribution < -0.4 is 14.8 Å². The van der Waals surface area contributed by atoms with E-state index in [4.69, 9.17) is 14.2 Å². The first kappa shape index (κ1) is 20.9. The van der Waals surface area contributed by atoms with Crippen molar-refractivity contribution in [2.24, 2.45) is 0 Å². The molecule has 0 heterocycles. The van der Waals surface area contributed by atoms with Crippen molar-refractivity contribution in [1.29, 1.82) is 0 Å². The topological polar surface area (TPSA) is 73.9 Å². The first-order chi connectivity index (χ1) is 14.6. The summed E-state index contributed by atoms with van der Waals surface area (Å²) in [7, 11) is 0. The molecule has 3 rings (SSSR count). The predicted molar refractivity (Wildman–Crippen MR) is 108 cm³/mol. The molecule has 0 atom stereocenters. The molecule has 0 aromatic heterocycles. The maximum Gasteiger partial charge on any atom is 0.325 e. The van der Waals surface area contributed by atoms with Gasteiger partial charge in [0.2, 0.25) is 0 Å². The van der Waals surface area contributed by atoms with E-state index in [1.165, 1.54) is 24.3 Å². The van der Waals surface area contributed by atoms with Gasteiger partial charge in [-0.25, -0.2) is 4.39 Å². The molecule has 1 amide bonds. The van der Waals surface area contributed by atoms with Crippen LogP contribution in [0.1, 0.15) is 10.4 Å². The number of ether oxygens (including phenoxy) is 3. The lowest BCUT2D eigenvalue weighted by Crippen LogP contribution is -2.31. The van der Waals surface area contributed by atoms with Crippen LogP contribution in [0, 0.1) is 5.82 Å². The van der Waals surface area contributed by atoms with Crippen LogP contribution in [-0.4, -0.2) is 31.6 Å². The third kappa shape index (κ3) is 6.63. The van der Waals surface area contributed by atoms with Crippen LogP contribution in [0.15, 0.2) is 78.9 Å². The maximum absolute atomic E-state index is 12.8. The summed E-state index contributed by atoms with van der Waals surface area (Å²) in [5.41, 5.74) is 0.392. The number of rotatable bonds is 9. The van der Waals surface area contributed by atoms with Crippen molar-refractivity contribution < 1.29 is 28.2 Å². The number of amides is 1. The average Bonchev–Trinajstić information content (AvgIpc) is 2.77. The van der Waals surface area contributed by atoms with Crippen molar-refractivity contribution in [3.8, 4) is 17.2 Å². The molecule has 0 aliphatic carbocycles. The van der Waals surface area contributed by atoms with E-state index in [2.05, 4.69) is 5.32 Å². The summed E-state index contributed by atoms with van der Waals surface area (Å²) in [6.07, 6.45) is 0. The normalized spacial score (nSPS) is 10.2. The lowest BCUT2D eigenvalue weighted by molar-refractivity contribution is -0.143. The minimum absolute atomic E-state index is 0.0115. The van der Waals surface area contributed by atoms with Gasteiger partial charge in [0.1, 0.15) is 42.8 Å². The van der Waals surface area contributed by atoms with Crippen LogP contribution in [0.4, 0.5) is 4.39 Å². The molecule has 0 fully saturated rings. The number of carbonyl (C=O) groups is 2. The molecule has 0 spiro atoms. The van der Waals surface area contributed by atoms with Gasteiger partial charge in [-0.2, -0.15) is 0 Å². The molecule has 3 aromatic carbocycles. The van der Waals surface area contributed by atoms with Crippen molar-refractivity contribution in [3.63, 3.8) is 0 Å². The fraction of sp³-hybridized carbons (Fsp3) is 0.130. The van der Waals surface area contributed by atoms with Crippen LogP contribution in [0.25, 0.3) is 0 Å². The molecule has 0 bridgehead atoms. The molecule has 6 nitrogen and oxygen atoms in total. The van der Waals surface area contributed by atoms with Gasteiger partial charge in [0.15, 0.2) is 0 Å². The summed E-state index contributed by atoms with van der Waals surface area (Å²) in [4.78, 5) is 23.9. The van der Waals surface area contributed by atoms with Gasteiger partial charge in [0, 0.05) is 5.56 Å². The van der Waals surface area contributed by atoms with E-state index in [0.717, 1.165) is 0 Å². The van der Waals surface area contributed by atoms with Crippen LogP contribution in [0.3, 0.4) is 0 Å². The third-order valence-electron chi connectivity index (χ3n) is 3.92. The number of halogens is 1. The van der Waals surface area contributed by atoms with E-state index in [1.807, 2.05) is 30.3 Å². The first-order valence-corrected chi connectivity index (χ1v) is 9.25. The van der Waals surface area contributed by atoms with Gasteiger partial charge >= 0.3 is 5.97 Å². The van der Waals surface area contributed by atoms with E-state index in [1.54, 1.807) is 24.3 Å². The highest BCUT2D eigenvalue weighted by atomic mass is 19.1. The summed E-state index contributed by atoms with van der Waals surface area (Å²) < 4.78 is 28.8. The standard InChI is InChI=1S/C23H20FNO5/c24-18-8-12-19(13-9-18)28-14-15-29-22(26)16-25-23(27)17-6-10-21(11-7-17)30-20-4-2-1-3-5-20/h1-13H,14-16H2,(H,25,27). The first-order valence-electron chi connectivity index (χ1n) is 9.25. The van der Waals surface area contributed by atoms with Crippen molar-refractivity contribution >= 4 is 11.9 Å². The molecule has 30 heavy (non-hydrogen) atoms. The Labute approximate surface area is 173 Å². The average molecular weight is 409 g/mol. The number of esters is 1. The number of hydrogen-bond donors (Lipinski definition) is 1. The summed E-state index contributed by atoms with van der Waals surface area (Å²) in [6, 6.07) is 21.4. The Morgan fingerprint density at radius 2 is 1.40 bits per heavy atom. The quantitative estimate of drug-likeness (QED) is 0.428. The van der Waals surface area contributed by atoms with Gasteiger partial charge in [0.05, 0.1) is 0 Å². The fourth-order valence-corrected chi connectivity index (χ4v) is 2.45. The molecule has 0 radical (unpaired) electrons. The zero-order chi connectivity index (χ0) is 21.2. The molecule has 0 aliphatic heterocycles. The highest BCUT2D eigenvalue weighted by Crippen LogP contribution is 2.21. The summed E-state index contributed by atoms with van der Waals surface area (Å²) in [6.45, 7) is -0.135. The van der Waals surface area contributed by atoms with Crippen LogP contribution >= 0.6 is 0 Å². The number of benzene rings is 3. The lowest BCUT2D eigenvalue weighted by Gasteiger charge is -2.09. The van der Waals surface area contributed by atoms with Crippen molar-refractivity contribution in [2.45, 2.75) is 0 Å². The van der Waals surface area contributed by atoms with Crippen molar-refractivity contribution in [3.05, 3.63) is 90.2 Å². The zero-order valence-corrected chi connectivity index (χ0v) is 16.0. The molecule has 0 aliphatic rings. The number of hydrogen-bond acceptors (Lipinski definition) is 5. The Bertz CT molecular complexity index is 959. The van der Waals surface area contributed by atoms with E-state index in [0.29, 0.717) is 22.8 Å². The van der Waals surface area contributed by atoms with E-state index in [-0.39, 0.29) is 25.6 Å². The molecule has 0 saturated heterocycles. The fourth-order valence-electron chi connectivity index (χ4n) is 2.45. The van der Waals surface area contributed by atoms with Crippen LogP contribution in [0.2, 0.25) is 0 Å². The van der Waals surface area contributed by atoms with Gasteiger partial charge in [0.25, 0.3) is 5.91 Å². The van der Waals surface area contributed by atoms with Crippen molar-refractivity contribution in [1.82, 2.24) is 5.32 Å². The molecule has 7 heteroatoms. The molecule has 1 N–H and O–H groups in total. The molecular weight excluding hydrogens is 389 g/mol. The Morgan fingerprint density at radius 1 is 0.767 bits per heavy atom. The highest BCUT2D eigenvalue weighted by molar-refractivity contribution is 5.96. The minimum Gasteiger partial charge on any atom is -0.490 e. The number of para-hydroxylation sites is 1. The minimum atomic E-state index is -0.588. The Morgan fingerprint density at radius 3 is 2.10 bits per heavy atom. The van der Waals surface area contributed by atoms with E-state index < -0.39 is 11.9 Å². The van der Waals surface area contributed by atoms with Gasteiger partial charge < -0.3 is 19.5 Å². The lowest BCUT2D eigenvalue weighted by atomic mass is 10.2. The molecule has 0 saturated carbocycles. The second-order valence-corrected chi connectivity index (χ2v) is 6.15. The SMILES string of the molecule is O=C(CNC(=O)c1ccc(Oc2ccccc2)cc1)OCCOc1ccc(F)cc1. The van der Waals surface area contributed by atoms with Gasteiger partial charge in [-0.05, 0) is 60.7 Å². The summed E-state index contributed by atoms with van der Waals surface area (Å²) >= 11 is 0. The molecule has 0 unspecified atom stereocenters. The predicted octanol–water partition coefficient (Wildman–Crippen LogP) is 3.97. The van der Waals surface area contributed by atoms with Crippen molar-refractivity contribution in [2.75, 3.05) is 19.8 Å². The van der Waals surface area contributed by atoms with Crippen LogP contribution in [0.5, 0.6) is 17.2 Å². The molecule has 154 valence electrons. The molecular formula is C23H20FNO5. The smallest absolute Gasteiger partial charge is 0.325 e. The summed E-state index contributed by atoms with van der Waals surface area (Å²) in [5, 5.41) is 2.50. The Balaban J connectivity index is 1.36. The van der Waals surface area contributed by atoms with E-state index in [9.17, 15) is 14.0 Å². The second-order valence-electron chi connectivity index (χ2n) is 6.15. The van der Waals surface area contributed by atoms with Crippen LogP contribution in [-0.2, 0) is 9.53 Å². The molecule has 3 aromatic rings. The van der Waals surface area contributed by atoms with Gasteiger partial charge in [-0.15, -0.1) is 0 Å². The largest absolute Gasteiger partial charge is 0.490 e. The summed E-state index contributed by atoms with van der Waals surface area (Å²) in [5.74, 6) is 0.415. The van der Waals surface area contributed by atoms with Gasteiger partial charge in [-0.1, -0.05) is 18.2 Å². The monoisotopic (exact) mass is 409 g/mol. The zero-order valence-electron chi connectivity index (χ0n) is 16.0. The number of nitrogens with one attached hydrogen (secondary N) is 1. The maximum atomic E-state index is 12.8. The Kier molecular flexibility index (Phi) is 7.38. The van der Waals surface area contributed by atoms with E-state index >= 15 is 0 Å². The third-order valence-corrected chi connectivity index (χ3v) is 3.92. The highest BCUT2D eigenvalue weighted by Gasteiger charge is 2.09. The number of carbonyl (C=O) groups excluding carboxylic acids is 2. The van der Waals surface area contributed by atoms with Gasteiger partial charge in [-0.3, -0.25) is 9.59 Å².